The molecule has 0 amide bonds. The SMILES string of the molecule is [N-]=[N+]=Nc1ncccc1C(=O)O. The summed E-state index contributed by atoms with van der Waals surface area (Å²) in [4.78, 5) is 16.5. The van der Waals surface area contributed by atoms with Gasteiger partial charge in [0.05, 0.1) is 5.56 Å². The smallest absolute Gasteiger partial charge is 0.337 e. The molecule has 0 saturated carbocycles. The predicted molar refractivity (Wildman–Crippen MR) is 40.0 cm³/mol. The fraction of sp³-hybridized carbons (Fsp3) is 0. The van der Waals surface area contributed by atoms with Gasteiger partial charge in [-0.2, -0.15) is 0 Å². The molecule has 1 rings (SSSR count). The van der Waals surface area contributed by atoms with Crippen LogP contribution in [0.3, 0.4) is 0 Å². The van der Waals surface area contributed by atoms with E-state index in [0.29, 0.717) is 0 Å². The van der Waals surface area contributed by atoms with Crippen LogP contribution in [-0.2, 0) is 0 Å². The predicted octanol–water partition coefficient (Wildman–Crippen LogP) is 1.72. The summed E-state index contributed by atoms with van der Waals surface area (Å²) in [6.45, 7) is 0. The normalized spacial score (nSPS) is 8.67. The van der Waals surface area contributed by atoms with Gasteiger partial charge in [-0.3, -0.25) is 4.98 Å². The van der Waals surface area contributed by atoms with Crippen molar-refractivity contribution in [3.63, 3.8) is 0 Å². The fourth-order valence-corrected chi connectivity index (χ4v) is 0.686. The molecule has 0 aliphatic carbocycles. The van der Waals surface area contributed by atoms with Gasteiger partial charge >= 0.3 is 5.97 Å². The van der Waals surface area contributed by atoms with Crippen molar-refractivity contribution in [1.29, 1.82) is 0 Å². The van der Waals surface area contributed by atoms with Crippen LogP contribution in [0.1, 0.15) is 10.4 Å². The summed E-state index contributed by atoms with van der Waals surface area (Å²) < 4.78 is 0. The van der Waals surface area contributed by atoms with Crippen LogP contribution in [0.2, 0.25) is 0 Å². The Balaban J connectivity index is 3.26. The highest BCUT2D eigenvalue weighted by Crippen LogP contribution is 2.14. The van der Waals surface area contributed by atoms with Crippen LogP contribution in [0.5, 0.6) is 0 Å². The molecule has 6 nitrogen and oxygen atoms in total. The summed E-state index contributed by atoms with van der Waals surface area (Å²) >= 11 is 0. The molecule has 6 heteroatoms. The van der Waals surface area contributed by atoms with Crippen LogP contribution < -0.4 is 0 Å². The maximum Gasteiger partial charge on any atom is 0.337 e. The molecule has 1 heterocycles. The molecule has 1 aromatic heterocycles. The molecule has 1 aromatic rings. The number of carbonyl (C=O) groups is 1. The van der Waals surface area contributed by atoms with Gasteiger partial charge in [0, 0.05) is 11.1 Å². The first-order valence-corrected chi connectivity index (χ1v) is 2.99. The maximum atomic E-state index is 10.5. The van der Waals surface area contributed by atoms with E-state index in [-0.39, 0.29) is 11.4 Å². The molecule has 60 valence electrons. The number of aromatic carboxylic acids is 1. The minimum atomic E-state index is -1.16. The molecule has 12 heavy (non-hydrogen) atoms. The van der Waals surface area contributed by atoms with Crippen LogP contribution >= 0.6 is 0 Å². The van der Waals surface area contributed by atoms with E-state index >= 15 is 0 Å². The number of pyridine rings is 1. The number of rotatable bonds is 2. The van der Waals surface area contributed by atoms with Crippen molar-refractivity contribution in [2.75, 3.05) is 0 Å². The lowest BCUT2D eigenvalue weighted by Crippen LogP contribution is -1.96. The van der Waals surface area contributed by atoms with Crippen molar-refractivity contribution in [3.8, 4) is 0 Å². The Bertz CT molecular complexity index is 335. The van der Waals surface area contributed by atoms with E-state index in [1.54, 1.807) is 0 Å². The molecule has 0 fully saturated rings. The summed E-state index contributed by atoms with van der Waals surface area (Å²) in [5.74, 6) is -1.28. The van der Waals surface area contributed by atoms with Gasteiger partial charge < -0.3 is 5.11 Å². The Kier molecular flexibility index (Phi) is 2.25. The molecule has 0 radical (unpaired) electrons. The second-order valence-corrected chi connectivity index (χ2v) is 1.87. The Morgan fingerprint density at radius 2 is 2.50 bits per heavy atom. The molecule has 0 saturated heterocycles. The number of hydrogen-bond acceptors (Lipinski definition) is 3. The lowest BCUT2D eigenvalue weighted by atomic mass is 10.3. The van der Waals surface area contributed by atoms with Crippen molar-refractivity contribution in [3.05, 3.63) is 34.3 Å². The molecule has 0 spiro atoms. The van der Waals surface area contributed by atoms with Gasteiger partial charge in [-0.15, -0.1) is 0 Å². The Hall–Kier alpha value is -2.07. The number of hydrogen-bond donors (Lipinski definition) is 1. The average Bonchev–Trinajstić information content (AvgIpc) is 2.05. The number of aromatic nitrogens is 1. The fourth-order valence-electron chi connectivity index (χ4n) is 0.686. The zero-order chi connectivity index (χ0) is 8.97. The van der Waals surface area contributed by atoms with E-state index in [0.717, 1.165) is 0 Å². The van der Waals surface area contributed by atoms with Crippen LogP contribution in [0.25, 0.3) is 10.4 Å². The van der Waals surface area contributed by atoms with Crippen LogP contribution in [0.4, 0.5) is 5.82 Å². The lowest BCUT2D eigenvalue weighted by Gasteiger charge is -1.95. The van der Waals surface area contributed by atoms with Gasteiger partial charge in [0.25, 0.3) is 0 Å². The number of carboxylic acids is 1. The molecule has 1 N–H and O–H groups in total. The first-order chi connectivity index (χ1) is 5.75. The zero-order valence-electron chi connectivity index (χ0n) is 5.88. The maximum absolute atomic E-state index is 10.5. The van der Waals surface area contributed by atoms with Crippen molar-refractivity contribution < 1.29 is 9.90 Å². The van der Waals surface area contributed by atoms with E-state index in [9.17, 15) is 4.79 Å². The van der Waals surface area contributed by atoms with E-state index in [1.165, 1.54) is 18.3 Å². The summed E-state index contributed by atoms with van der Waals surface area (Å²) in [6, 6.07) is 2.78. The van der Waals surface area contributed by atoms with Gasteiger partial charge in [-0.1, -0.05) is 0 Å². The molecule has 0 aromatic carbocycles. The average molecular weight is 164 g/mol. The van der Waals surface area contributed by atoms with Crippen LogP contribution in [0, 0.1) is 0 Å². The van der Waals surface area contributed by atoms with Crippen molar-refractivity contribution in [2.24, 2.45) is 5.11 Å². The monoisotopic (exact) mass is 164 g/mol. The number of nitrogens with zero attached hydrogens (tertiary/aromatic N) is 4. The minimum Gasteiger partial charge on any atom is -0.478 e. The van der Waals surface area contributed by atoms with Crippen molar-refractivity contribution >= 4 is 11.8 Å². The largest absolute Gasteiger partial charge is 0.478 e. The number of carboxylic acid groups (broad SMARTS) is 1. The van der Waals surface area contributed by atoms with Gasteiger partial charge in [0.2, 0.25) is 0 Å². The molecule has 0 aliphatic rings. The Labute approximate surface area is 67.1 Å². The van der Waals surface area contributed by atoms with Crippen molar-refractivity contribution in [1.82, 2.24) is 4.98 Å². The van der Waals surface area contributed by atoms with E-state index in [1.807, 2.05) is 0 Å². The summed E-state index contributed by atoms with van der Waals surface area (Å²) in [5.41, 5.74) is 7.95. The Morgan fingerprint density at radius 3 is 3.08 bits per heavy atom. The summed E-state index contributed by atoms with van der Waals surface area (Å²) in [5, 5.41) is 11.7. The zero-order valence-corrected chi connectivity index (χ0v) is 5.88. The third kappa shape index (κ3) is 1.50. The molecular weight excluding hydrogens is 160 g/mol. The Morgan fingerprint density at radius 1 is 1.75 bits per heavy atom. The summed E-state index contributed by atoms with van der Waals surface area (Å²) in [7, 11) is 0. The van der Waals surface area contributed by atoms with Gasteiger partial charge in [0.15, 0.2) is 0 Å². The minimum absolute atomic E-state index is 0.102. The van der Waals surface area contributed by atoms with Gasteiger partial charge in [-0.25, -0.2) is 4.79 Å². The summed E-state index contributed by atoms with van der Waals surface area (Å²) in [6.07, 6.45) is 1.36. The van der Waals surface area contributed by atoms with Crippen LogP contribution in [0.15, 0.2) is 23.4 Å². The van der Waals surface area contributed by atoms with E-state index in [4.69, 9.17) is 10.6 Å². The van der Waals surface area contributed by atoms with Crippen LogP contribution in [-0.4, -0.2) is 16.1 Å². The van der Waals surface area contributed by atoms with E-state index < -0.39 is 5.97 Å². The lowest BCUT2D eigenvalue weighted by molar-refractivity contribution is 0.0697. The molecule has 0 aliphatic heterocycles. The molecular formula is C6H4N4O2. The third-order valence-electron chi connectivity index (χ3n) is 1.16. The highest BCUT2D eigenvalue weighted by atomic mass is 16.4. The molecule has 0 bridgehead atoms. The van der Waals surface area contributed by atoms with Crippen molar-refractivity contribution in [2.45, 2.75) is 0 Å². The topological polar surface area (TPSA) is 99.0 Å². The highest BCUT2D eigenvalue weighted by molar-refractivity contribution is 5.92. The second-order valence-electron chi connectivity index (χ2n) is 1.87. The first kappa shape index (κ1) is 8.03. The molecule has 0 unspecified atom stereocenters. The van der Waals surface area contributed by atoms with E-state index in [2.05, 4.69) is 15.0 Å². The van der Waals surface area contributed by atoms with Gasteiger partial charge in [-0.05, 0) is 22.8 Å². The second kappa shape index (κ2) is 3.36. The number of azide groups is 1. The molecule has 0 atom stereocenters. The first-order valence-electron chi connectivity index (χ1n) is 2.99. The highest BCUT2D eigenvalue weighted by Gasteiger charge is 2.07. The quantitative estimate of drug-likeness (QED) is 0.409. The van der Waals surface area contributed by atoms with Gasteiger partial charge in [0.1, 0.15) is 5.82 Å². The standard InChI is InChI=1S/C6H4N4O2/c7-10-9-5-4(6(11)12)2-1-3-8-5/h1-3H,(H,11,12). The third-order valence-corrected chi connectivity index (χ3v) is 1.16.